The van der Waals surface area contributed by atoms with Gasteiger partial charge in [0.1, 0.15) is 5.82 Å². The fraction of sp³-hybridized carbons (Fsp3) is 0.562. The maximum Gasteiger partial charge on any atom is 0.111 e. The Labute approximate surface area is 141 Å². The zero-order valence-corrected chi connectivity index (χ0v) is 14.8. The first-order valence-corrected chi connectivity index (χ1v) is 9.76. The smallest absolute Gasteiger partial charge is 0.111 e. The molecule has 0 fully saturated rings. The molecular weight excluding hydrogens is 323 g/mol. The number of imidazole rings is 1. The monoisotopic (exact) mass is 344 g/mol. The maximum absolute atomic E-state index is 6.06. The van der Waals surface area contributed by atoms with Gasteiger partial charge in [-0.25, -0.2) is 4.98 Å². The molecule has 1 heterocycles. The molecule has 0 spiro atoms. The van der Waals surface area contributed by atoms with Gasteiger partial charge in [-0.05, 0) is 43.0 Å². The summed E-state index contributed by atoms with van der Waals surface area (Å²) in [6, 6.07) is 5.94. The van der Waals surface area contributed by atoms with Crippen LogP contribution in [0.2, 0.25) is 5.02 Å². The number of rotatable bonds is 9. The van der Waals surface area contributed by atoms with Crippen molar-refractivity contribution < 1.29 is 0 Å². The molecule has 5 heteroatoms. The van der Waals surface area contributed by atoms with Crippen LogP contribution < -0.4 is 0 Å². The average Bonchev–Trinajstić information content (AvgIpc) is 2.80. The number of aryl methyl sites for hydroxylation is 2. The highest BCUT2D eigenvalue weighted by molar-refractivity contribution is 7.98. The van der Waals surface area contributed by atoms with Gasteiger partial charge in [-0.1, -0.05) is 24.4 Å². The Morgan fingerprint density at radius 2 is 2.00 bits per heavy atom. The number of aromatic nitrogens is 2. The summed E-state index contributed by atoms with van der Waals surface area (Å²) in [6.07, 6.45) is 8.06. The minimum Gasteiger partial charge on any atom is -0.328 e. The molecule has 21 heavy (non-hydrogen) atoms. The van der Waals surface area contributed by atoms with Gasteiger partial charge < -0.3 is 4.57 Å². The van der Waals surface area contributed by atoms with Crippen LogP contribution in [0.3, 0.4) is 0 Å². The second-order valence-electron chi connectivity index (χ2n) is 5.16. The fourth-order valence-electron chi connectivity index (χ4n) is 2.55. The predicted octanol–water partition coefficient (Wildman–Crippen LogP) is 5.39. The van der Waals surface area contributed by atoms with Crippen molar-refractivity contribution in [3.63, 3.8) is 0 Å². The van der Waals surface area contributed by atoms with E-state index < -0.39 is 0 Å². The summed E-state index contributed by atoms with van der Waals surface area (Å²) in [5.41, 5.74) is 2.15. The van der Waals surface area contributed by atoms with E-state index in [1.807, 2.05) is 23.9 Å². The topological polar surface area (TPSA) is 17.8 Å². The molecule has 2 aromatic rings. The van der Waals surface area contributed by atoms with Crippen LogP contribution >= 0.6 is 35.0 Å². The molecule has 0 bridgehead atoms. The summed E-state index contributed by atoms with van der Waals surface area (Å²) < 4.78 is 2.31. The lowest BCUT2D eigenvalue weighted by Crippen LogP contribution is -2.05. The number of nitrogens with zero attached hydrogens (tertiary/aromatic N) is 2. The lowest BCUT2D eigenvalue weighted by atomic mass is 10.2. The van der Waals surface area contributed by atoms with Gasteiger partial charge in [0.25, 0.3) is 0 Å². The summed E-state index contributed by atoms with van der Waals surface area (Å²) in [4.78, 5) is 4.68. The molecule has 0 N–H and O–H groups in total. The standard InChI is InChI=1S/C16H22Cl2N2S/c1-21-11-5-3-2-4-10-20-15-7-6-13(18)12-14(15)19-16(20)8-9-17/h6-7,12H,2-5,8-11H2,1H3. The third kappa shape index (κ3) is 4.80. The first-order valence-electron chi connectivity index (χ1n) is 7.46. The third-order valence-electron chi connectivity index (χ3n) is 3.59. The van der Waals surface area contributed by atoms with E-state index in [0.717, 1.165) is 29.3 Å². The Morgan fingerprint density at radius 3 is 2.76 bits per heavy atom. The highest BCUT2D eigenvalue weighted by atomic mass is 35.5. The Bertz CT molecular complexity index is 569. The Hall–Kier alpha value is -0.380. The zero-order chi connectivity index (χ0) is 15.1. The molecular formula is C16H22Cl2N2S. The molecule has 0 amide bonds. The van der Waals surface area contributed by atoms with E-state index in [2.05, 4.69) is 21.9 Å². The first kappa shape index (κ1) is 17.0. The number of alkyl halides is 1. The predicted molar refractivity (Wildman–Crippen MR) is 96.0 cm³/mol. The van der Waals surface area contributed by atoms with Crippen molar-refractivity contribution in [2.24, 2.45) is 0 Å². The molecule has 116 valence electrons. The quantitative estimate of drug-likeness (QED) is 0.448. The second-order valence-corrected chi connectivity index (χ2v) is 6.96. The van der Waals surface area contributed by atoms with Gasteiger partial charge in [0.05, 0.1) is 11.0 Å². The summed E-state index contributed by atoms with van der Waals surface area (Å²) in [5, 5.41) is 0.738. The highest BCUT2D eigenvalue weighted by Crippen LogP contribution is 2.22. The minimum absolute atomic E-state index is 0.602. The molecule has 1 aromatic carbocycles. The maximum atomic E-state index is 6.06. The van der Waals surface area contributed by atoms with E-state index in [0.29, 0.717) is 5.88 Å². The van der Waals surface area contributed by atoms with Crippen molar-refractivity contribution in [3.8, 4) is 0 Å². The Balaban J connectivity index is 2.04. The van der Waals surface area contributed by atoms with Gasteiger partial charge in [0.15, 0.2) is 0 Å². The van der Waals surface area contributed by atoms with Gasteiger partial charge in [0.2, 0.25) is 0 Å². The van der Waals surface area contributed by atoms with Crippen molar-refractivity contribution in [2.45, 2.75) is 38.6 Å². The SMILES string of the molecule is CSCCCCCCn1c(CCCl)nc2cc(Cl)ccc21. The van der Waals surface area contributed by atoms with E-state index in [4.69, 9.17) is 23.2 Å². The Kier molecular flexibility index (Phi) is 7.21. The van der Waals surface area contributed by atoms with E-state index >= 15 is 0 Å². The molecule has 0 atom stereocenters. The molecule has 1 aromatic heterocycles. The molecule has 0 unspecified atom stereocenters. The molecule has 0 aliphatic rings. The molecule has 0 aliphatic carbocycles. The Morgan fingerprint density at radius 1 is 1.19 bits per heavy atom. The van der Waals surface area contributed by atoms with Crippen LogP contribution in [0.15, 0.2) is 18.2 Å². The normalized spacial score (nSPS) is 11.4. The van der Waals surface area contributed by atoms with Crippen molar-refractivity contribution in [2.75, 3.05) is 17.9 Å². The highest BCUT2D eigenvalue weighted by Gasteiger charge is 2.10. The summed E-state index contributed by atoms with van der Waals surface area (Å²) in [7, 11) is 0. The van der Waals surface area contributed by atoms with Crippen LogP contribution in [-0.4, -0.2) is 27.4 Å². The number of hydrogen-bond donors (Lipinski definition) is 0. The van der Waals surface area contributed by atoms with Crippen LogP contribution in [-0.2, 0) is 13.0 Å². The largest absolute Gasteiger partial charge is 0.328 e. The second kappa shape index (κ2) is 8.92. The molecule has 0 radical (unpaired) electrons. The molecule has 0 saturated carbocycles. The van der Waals surface area contributed by atoms with E-state index in [1.54, 1.807) is 0 Å². The van der Waals surface area contributed by atoms with Gasteiger partial charge in [-0.3, -0.25) is 0 Å². The molecule has 0 aliphatic heterocycles. The van der Waals surface area contributed by atoms with Crippen molar-refractivity contribution in [1.82, 2.24) is 9.55 Å². The van der Waals surface area contributed by atoms with Gasteiger partial charge in [-0.2, -0.15) is 11.8 Å². The summed E-state index contributed by atoms with van der Waals surface area (Å²) in [5.74, 6) is 2.95. The third-order valence-corrected chi connectivity index (χ3v) is 4.71. The van der Waals surface area contributed by atoms with Gasteiger partial charge >= 0.3 is 0 Å². The summed E-state index contributed by atoms with van der Waals surface area (Å²) >= 11 is 13.9. The number of unbranched alkanes of at least 4 members (excludes halogenated alkanes) is 3. The molecule has 2 rings (SSSR count). The average molecular weight is 345 g/mol. The van der Waals surface area contributed by atoms with Crippen molar-refractivity contribution >= 4 is 46.0 Å². The van der Waals surface area contributed by atoms with Gasteiger partial charge in [0, 0.05) is 23.9 Å². The lowest BCUT2D eigenvalue weighted by molar-refractivity contribution is 0.578. The van der Waals surface area contributed by atoms with Crippen LogP contribution in [0.4, 0.5) is 0 Å². The minimum atomic E-state index is 0.602. The number of hydrogen-bond acceptors (Lipinski definition) is 2. The zero-order valence-electron chi connectivity index (χ0n) is 12.4. The molecule has 0 saturated heterocycles. The number of halogens is 2. The van der Waals surface area contributed by atoms with Crippen LogP contribution in [0.1, 0.15) is 31.5 Å². The van der Waals surface area contributed by atoms with Crippen LogP contribution in [0.5, 0.6) is 0 Å². The van der Waals surface area contributed by atoms with Crippen molar-refractivity contribution in [1.29, 1.82) is 0 Å². The number of thioether (sulfide) groups is 1. The summed E-state index contributed by atoms with van der Waals surface area (Å²) in [6.45, 7) is 1.02. The first-order chi connectivity index (χ1) is 10.3. The van der Waals surface area contributed by atoms with Crippen LogP contribution in [0, 0.1) is 0 Å². The number of fused-ring (bicyclic) bond motifs is 1. The lowest BCUT2D eigenvalue weighted by Gasteiger charge is -2.08. The van der Waals surface area contributed by atoms with E-state index in [9.17, 15) is 0 Å². The van der Waals surface area contributed by atoms with Crippen LogP contribution in [0.25, 0.3) is 11.0 Å². The van der Waals surface area contributed by atoms with Crippen molar-refractivity contribution in [3.05, 3.63) is 29.0 Å². The van der Waals surface area contributed by atoms with E-state index in [-0.39, 0.29) is 0 Å². The fourth-order valence-corrected chi connectivity index (χ4v) is 3.38. The molecule has 2 nitrogen and oxygen atoms in total. The van der Waals surface area contributed by atoms with E-state index in [1.165, 1.54) is 37.0 Å². The number of benzene rings is 1. The van der Waals surface area contributed by atoms with Gasteiger partial charge in [-0.15, -0.1) is 11.6 Å².